The molecule has 0 aromatic carbocycles. The summed E-state index contributed by atoms with van der Waals surface area (Å²) in [6.07, 6.45) is 6.61. The molecule has 1 N–H and O–H groups in total. The van der Waals surface area contributed by atoms with E-state index in [1.165, 1.54) is 25.7 Å². The molecule has 94 valence electrons. The first-order chi connectivity index (χ1) is 8.22. The number of aliphatic hydroxyl groups excluding tert-OH is 1. The van der Waals surface area contributed by atoms with Crippen LogP contribution in [-0.4, -0.2) is 22.7 Å². The summed E-state index contributed by atoms with van der Waals surface area (Å²) in [4.78, 5) is 6.87. The second kappa shape index (κ2) is 5.50. The Labute approximate surface area is 103 Å². The smallest absolute Gasteiger partial charge is 0.128 e. The molecule has 3 nitrogen and oxygen atoms in total. The molecule has 0 spiro atoms. The average molecular weight is 234 g/mol. The minimum Gasteiger partial charge on any atom is -0.389 e. The van der Waals surface area contributed by atoms with Gasteiger partial charge in [0.05, 0.1) is 6.10 Å². The summed E-state index contributed by atoms with van der Waals surface area (Å²) in [5.41, 5.74) is 0.885. The Morgan fingerprint density at radius 1 is 1.41 bits per heavy atom. The molecule has 0 amide bonds. The minimum atomic E-state index is -0.432. The van der Waals surface area contributed by atoms with Crippen LogP contribution >= 0.6 is 0 Å². The summed E-state index contributed by atoms with van der Waals surface area (Å²) in [5.74, 6) is 1.05. The second-order valence-corrected chi connectivity index (χ2v) is 4.85. The van der Waals surface area contributed by atoms with E-state index < -0.39 is 6.10 Å². The standard InChI is InChI=1S/C14H22N2O/c1-3-16(13-6-4-5-7-13)14-9-8-12(10-15-14)11(2)17/h8-11,13,17H,3-7H2,1-2H3/t11-/m0/s1. The lowest BCUT2D eigenvalue weighted by atomic mass is 10.1. The molecule has 0 radical (unpaired) electrons. The van der Waals surface area contributed by atoms with Gasteiger partial charge in [-0.1, -0.05) is 18.9 Å². The van der Waals surface area contributed by atoms with E-state index in [2.05, 4.69) is 16.8 Å². The third-order valence-corrected chi connectivity index (χ3v) is 3.65. The molecule has 2 rings (SSSR count). The number of hydrogen-bond donors (Lipinski definition) is 1. The van der Waals surface area contributed by atoms with Crippen LogP contribution in [-0.2, 0) is 0 Å². The van der Waals surface area contributed by atoms with Crippen molar-refractivity contribution < 1.29 is 5.11 Å². The van der Waals surface area contributed by atoms with E-state index in [-0.39, 0.29) is 0 Å². The van der Waals surface area contributed by atoms with E-state index in [0.717, 1.165) is 17.9 Å². The van der Waals surface area contributed by atoms with Crippen molar-refractivity contribution in [3.8, 4) is 0 Å². The zero-order chi connectivity index (χ0) is 12.3. The first kappa shape index (κ1) is 12.4. The summed E-state index contributed by atoms with van der Waals surface area (Å²) in [6, 6.07) is 4.67. The molecule has 0 unspecified atom stereocenters. The number of hydrogen-bond acceptors (Lipinski definition) is 3. The van der Waals surface area contributed by atoms with Crippen molar-refractivity contribution in [3.63, 3.8) is 0 Å². The van der Waals surface area contributed by atoms with Crippen LogP contribution in [0.1, 0.15) is 51.2 Å². The van der Waals surface area contributed by atoms with Gasteiger partial charge in [0.1, 0.15) is 5.82 Å². The highest BCUT2D eigenvalue weighted by molar-refractivity contribution is 5.41. The lowest BCUT2D eigenvalue weighted by molar-refractivity contribution is 0.199. The van der Waals surface area contributed by atoms with Crippen LogP contribution in [0.25, 0.3) is 0 Å². The van der Waals surface area contributed by atoms with E-state index in [0.29, 0.717) is 6.04 Å². The number of rotatable bonds is 4. The zero-order valence-corrected chi connectivity index (χ0v) is 10.8. The summed E-state index contributed by atoms with van der Waals surface area (Å²) in [5, 5.41) is 9.47. The van der Waals surface area contributed by atoms with Crippen LogP contribution < -0.4 is 4.90 Å². The second-order valence-electron chi connectivity index (χ2n) is 4.85. The highest BCUT2D eigenvalue weighted by Gasteiger charge is 2.22. The monoisotopic (exact) mass is 234 g/mol. The van der Waals surface area contributed by atoms with Gasteiger partial charge < -0.3 is 10.0 Å². The quantitative estimate of drug-likeness (QED) is 0.870. The van der Waals surface area contributed by atoms with Crippen molar-refractivity contribution in [1.82, 2.24) is 4.98 Å². The van der Waals surface area contributed by atoms with Gasteiger partial charge in [-0.15, -0.1) is 0 Å². The van der Waals surface area contributed by atoms with Crippen molar-refractivity contribution in [2.24, 2.45) is 0 Å². The van der Waals surface area contributed by atoms with Crippen molar-refractivity contribution in [1.29, 1.82) is 0 Å². The van der Waals surface area contributed by atoms with E-state index in [1.54, 1.807) is 13.1 Å². The van der Waals surface area contributed by atoms with Crippen LogP contribution in [0.15, 0.2) is 18.3 Å². The Hall–Kier alpha value is -1.09. The van der Waals surface area contributed by atoms with Gasteiger partial charge in [-0.2, -0.15) is 0 Å². The molecule has 0 aliphatic heterocycles. The number of aliphatic hydroxyl groups is 1. The number of pyridine rings is 1. The predicted octanol–water partition coefficient (Wildman–Crippen LogP) is 2.90. The Bertz CT molecular complexity index is 342. The van der Waals surface area contributed by atoms with Gasteiger partial charge >= 0.3 is 0 Å². The van der Waals surface area contributed by atoms with Crippen LogP contribution in [0.2, 0.25) is 0 Å². The highest BCUT2D eigenvalue weighted by atomic mass is 16.3. The summed E-state index contributed by atoms with van der Waals surface area (Å²) < 4.78 is 0. The van der Waals surface area contributed by atoms with Gasteiger partial charge in [0, 0.05) is 18.8 Å². The molecule has 0 bridgehead atoms. The van der Waals surface area contributed by atoms with Crippen LogP contribution in [0.4, 0.5) is 5.82 Å². The van der Waals surface area contributed by atoms with Crippen molar-refractivity contribution in [3.05, 3.63) is 23.9 Å². The molecule has 1 saturated carbocycles. The van der Waals surface area contributed by atoms with E-state index >= 15 is 0 Å². The molecule has 3 heteroatoms. The average Bonchev–Trinajstić information content (AvgIpc) is 2.84. The molecule has 17 heavy (non-hydrogen) atoms. The lowest BCUT2D eigenvalue weighted by Crippen LogP contribution is -2.33. The molecule has 0 saturated heterocycles. The fourth-order valence-corrected chi connectivity index (χ4v) is 2.64. The van der Waals surface area contributed by atoms with Gasteiger partial charge in [0.2, 0.25) is 0 Å². The molecule has 1 aromatic heterocycles. The van der Waals surface area contributed by atoms with Crippen LogP contribution in [0, 0.1) is 0 Å². The Kier molecular flexibility index (Phi) is 4.00. The SMILES string of the molecule is CCN(c1ccc([C@H](C)O)cn1)C1CCCC1. The fourth-order valence-electron chi connectivity index (χ4n) is 2.64. The summed E-state index contributed by atoms with van der Waals surface area (Å²) >= 11 is 0. The normalized spacial score (nSPS) is 18.3. The third-order valence-electron chi connectivity index (χ3n) is 3.65. The fraction of sp³-hybridized carbons (Fsp3) is 0.643. The molecular formula is C14H22N2O. The zero-order valence-electron chi connectivity index (χ0n) is 10.8. The maximum atomic E-state index is 9.47. The first-order valence-corrected chi connectivity index (χ1v) is 6.63. The van der Waals surface area contributed by atoms with E-state index in [1.807, 2.05) is 12.1 Å². The molecule has 1 fully saturated rings. The minimum absolute atomic E-state index is 0.432. The van der Waals surface area contributed by atoms with Gasteiger partial charge in [-0.25, -0.2) is 4.98 Å². The van der Waals surface area contributed by atoms with Crippen LogP contribution in [0.5, 0.6) is 0 Å². The Balaban J connectivity index is 2.13. The molecular weight excluding hydrogens is 212 g/mol. The Morgan fingerprint density at radius 2 is 2.12 bits per heavy atom. The molecule has 1 atom stereocenters. The van der Waals surface area contributed by atoms with Gasteiger partial charge in [-0.3, -0.25) is 0 Å². The lowest BCUT2D eigenvalue weighted by Gasteiger charge is -2.28. The van der Waals surface area contributed by atoms with Gasteiger partial charge in [0.15, 0.2) is 0 Å². The maximum absolute atomic E-state index is 9.47. The summed E-state index contributed by atoms with van der Waals surface area (Å²) in [6.45, 7) is 4.96. The highest BCUT2D eigenvalue weighted by Crippen LogP contribution is 2.27. The van der Waals surface area contributed by atoms with Crippen molar-refractivity contribution in [2.75, 3.05) is 11.4 Å². The Morgan fingerprint density at radius 3 is 2.59 bits per heavy atom. The predicted molar refractivity (Wildman–Crippen MR) is 70.1 cm³/mol. The first-order valence-electron chi connectivity index (χ1n) is 6.63. The van der Waals surface area contributed by atoms with E-state index in [9.17, 15) is 5.11 Å². The topological polar surface area (TPSA) is 36.4 Å². The third kappa shape index (κ3) is 2.78. The molecule has 1 aromatic rings. The summed E-state index contributed by atoms with van der Waals surface area (Å²) in [7, 11) is 0. The number of anilines is 1. The molecule has 1 heterocycles. The van der Waals surface area contributed by atoms with Crippen molar-refractivity contribution >= 4 is 5.82 Å². The van der Waals surface area contributed by atoms with Crippen LogP contribution in [0.3, 0.4) is 0 Å². The number of aromatic nitrogens is 1. The molecule has 1 aliphatic carbocycles. The maximum Gasteiger partial charge on any atom is 0.128 e. The van der Waals surface area contributed by atoms with Gasteiger partial charge in [-0.05, 0) is 38.3 Å². The number of nitrogens with zero attached hydrogens (tertiary/aromatic N) is 2. The van der Waals surface area contributed by atoms with E-state index in [4.69, 9.17) is 0 Å². The van der Waals surface area contributed by atoms with Gasteiger partial charge in [0.25, 0.3) is 0 Å². The largest absolute Gasteiger partial charge is 0.389 e. The molecule has 1 aliphatic rings. The van der Waals surface area contributed by atoms with Crippen molar-refractivity contribution in [2.45, 2.75) is 51.7 Å².